The highest BCUT2D eigenvalue weighted by molar-refractivity contribution is 7.88. The summed E-state index contributed by atoms with van der Waals surface area (Å²) in [5, 5.41) is 2.87. The zero-order valence-corrected chi connectivity index (χ0v) is 13.0. The lowest BCUT2D eigenvalue weighted by atomic mass is 10.00. The predicted molar refractivity (Wildman–Crippen MR) is 80.1 cm³/mol. The Morgan fingerprint density at radius 3 is 2.95 bits per heavy atom. The molecule has 1 aliphatic rings. The zero-order valence-electron chi connectivity index (χ0n) is 12.2. The van der Waals surface area contributed by atoms with Crippen molar-refractivity contribution in [3.05, 3.63) is 30.1 Å². The number of carbonyl (C=O) groups is 1. The maximum Gasteiger partial charge on any atom is 0.226 e. The quantitative estimate of drug-likeness (QED) is 0.854. The molecule has 0 aliphatic carbocycles. The van der Waals surface area contributed by atoms with E-state index in [0.717, 1.165) is 18.5 Å². The monoisotopic (exact) mass is 311 g/mol. The molecular weight excluding hydrogens is 290 g/mol. The molecule has 0 bridgehead atoms. The Morgan fingerprint density at radius 1 is 1.48 bits per heavy atom. The molecule has 7 heteroatoms. The van der Waals surface area contributed by atoms with E-state index < -0.39 is 10.0 Å². The Kier molecular flexibility index (Phi) is 5.30. The highest BCUT2D eigenvalue weighted by Crippen LogP contribution is 2.17. The molecule has 21 heavy (non-hydrogen) atoms. The van der Waals surface area contributed by atoms with Gasteiger partial charge in [-0.1, -0.05) is 6.07 Å². The molecule has 2 rings (SSSR count). The molecule has 0 saturated carbocycles. The normalized spacial score (nSPS) is 20.1. The van der Waals surface area contributed by atoms with Crippen molar-refractivity contribution in [2.24, 2.45) is 5.92 Å². The summed E-state index contributed by atoms with van der Waals surface area (Å²) < 4.78 is 24.6. The van der Waals surface area contributed by atoms with E-state index in [-0.39, 0.29) is 18.2 Å². The molecule has 116 valence electrons. The maximum atomic E-state index is 11.9. The van der Waals surface area contributed by atoms with Crippen LogP contribution in [-0.4, -0.2) is 49.5 Å². The first-order chi connectivity index (χ1) is 9.95. The molecule has 1 aromatic rings. The number of pyridine rings is 1. The van der Waals surface area contributed by atoms with Crippen LogP contribution in [0.4, 0.5) is 0 Å². The van der Waals surface area contributed by atoms with Crippen molar-refractivity contribution in [1.82, 2.24) is 14.6 Å². The average molecular weight is 311 g/mol. The molecular formula is C14H21N3O3S. The number of sulfonamides is 1. The van der Waals surface area contributed by atoms with Crippen LogP contribution in [0.25, 0.3) is 0 Å². The molecule has 0 radical (unpaired) electrons. The van der Waals surface area contributed by atoms with Gasteiger partial charge in [0.25, 0.3) is 0 Å². The minimum absolute atomic E-state index is 0.0785. The van der Waals surface area contributed by atoms with Crippen LogP contribution in [0.15, 0.2) is 24.4 Å². The summed E-state index contributed by atoms with van der Waals surface area (Å²) in [5.41, 5.74) is 0.733. The number of rotatable bonds is 5. The minimum atomic E-state index is -3.14. The second-order valence-electron chi connectivity index (χ2n) is 5.43. The minimum Gasteiger partial charge on any atom is -0.355 e. The van der Waals surface area contributed by atoms with Gasteiger partial charge in [0.05, 0.1) is 12.7 Å². The summed E-state index contributed by atoms with van der Waals surface area (Å²) in [4.78, 5) is 16.0. The number of hydrogen-bond donors (Lipinski definition) is 1. The van der Waals surface area contributed by atoms with Gasteiger partial charge in [-0.15, -0.1) is 0 Å². The topological polar surface area (TPSA) is 79.4 Å². The fourth-order valence-corrected chi connectivity index (χ4v) is 3.42. The van der Waals surface area contributed by atoms with Crippen molar-refractivity contribution in [2.75, 3.05) is 25.9 Å². The summed E-state index contributed by atoms with van der Waals surface area (Å²) in [7, 11) is -3.14. The van der Waals surface area contributed by atoms with Crippen molar-refractivity contribution in [2.45, 2.75) is 19.3 Å². The Labute approximate surface area is 125 Å². The predicted octanol–water partition coefficient (Wildman–Crippen LogP) is 0.412. The first kappa shape index (κ1) is 15.9. The van der Waals surface area contributed by atoms with Gasteiger partial charge in [-0.3, -0.25) is 9.78 Å². The average Bonchev–Trinajstić information content (AvgIpc) is 2.46. The summed E-state index contributed by atoms with van der Waals surface area (Å²) in [6.45, 7) is 1.58. The van der Waals surface area contributed by atoms with Gasteiger partial charge in [-0.05, 0) is 30.9 Å². The molecule has 0 aromatic carbocycles. The summed E-state index contributed by atoms with van der Waals surface area (Å²) in [5.74, 6) is 0.103. The number of aromatic nitrogens is 1. The van der Waals surface area contributed by atoms with Crippen LogP contribution >= 0.6 is 0 Å². The lowest BCUT2D eigenvalue weighted by Crippen LogP contribution is -2.43. The molecule has 0 spiro atoms. The van der Waals surface area contributed by atoms with Crippen LogP contribution in [0.5, 0.6) is 0 Å². The molecule has 1 aromatic heterocycles. The van der Waals surface area contributed by atoms with E-state index >= 15 is 0 Å². The number of nitrogens with one attached hydrogen (secondary N) is 1. The standard InChI is InChI=1S/C14H21N3O3S/c1-21(19,20)17-8-4-5-12(11-17)10-16-14(18)9-13-6-2-3-7-15-13/h2-3,6-7,12H,4-5,8-11H2,1H3,(H,16,18)/t12-/m0/s1. The van der Waals surface area contributed by atoms with Crippen molar-refractivity contribution in [3.8, 4) is 0 Å². The smallest absolute Gasteiger partial charge is 0.226 e. The van der Waals surface area contributed by atoms with E-state index in [2.05, 4.69) is 10.3 Å². The van der Waals surface area contributed by atoms with Crippen LogP contribution in [0, 0.1) is 5.92 Å². The van der Waals surface area contributed by atoms with Crippen LogP contribution in [0.3, 0.4) is 0 Å². The van der Waals surface area contributed by atoms with Gasteiger partial charge >= 0.3 is 0 Å². The first-order valence-electron chi connectivity index (χ1n) is 7.07. The molecule has 0 unspecified atom stereocenters. The fourth-order valence-electron chi connectivity index (χ4n) is 2.48. The molecule has 1 fully saturated rings. The highest BCUT2D eigenvalue weighted by Gasteiger charge is 2.25. The molecule has 6 nitrogen and oxygen atoms in total. The van der Waals surface area contributed by atoms with Crippen LogP contribution in [0.2, 0.25) is 0 Å². The molecule has 1 atom stereocenters. The van der Waals surface area contributed by atoms with Gasteiger partial charge in [0.15, 0.2) is 0 Å². The molecule has 2 heterocycles. The van der Waals surface area contributed by atoms with Crippen LogP contribution < -0.4 is 5.32 Å². The van der Waals surface area contributed by atoms with Gasteiger partial charge < -0.3 is 5.32 Å². The van der Waals surface area contributed by atoms with Crippen molar-refractivity contribution in [1.29, 1.82) is 0 Å². The summed E-state index contributed by atoms with van der Waals surface area (Å²) in [6, 6.07) is 5.47. The second-order valence-corrected chi connectivity index (χ2v) is 7.41. The van der Waals surface area contributed by atoms with E-state index in [0.29, 0.717) is 19.6 Å². The number of carbonyl (C=O) groups excluding carboxylic acids is 1. The number of nitrogens with zero attached hydrogens (tertiary/aromatic N) is 2. The number of amides is 1. The molecule has 1 aliphatic heterocycles. The van der Waals surface area contributed by atoms with Crippen LogP contribution in [0.1, 0.15) is 18.5 Å². The number of hydrogen-bond acceptors (Lipinski definition) is 4. The van der Waals surface area contributed by atoms with Gasteiger partial charge in [0, 0.05) is 31.5 Å². The zero-order chi connectivity index (χ0) is 15.3. The van der Waals surface area contributed by atoms with E-state index in [9.17, 15) is 13.2 Å². The Hall–Kier alpha value is -1.47. The van der Waals surface area contributed by atoms with Gasteiger partial charge in [-0.2, -0.15) is 0 Å². The summed E-state index contributed by atoms with van der Waals surface area (Å²) in [6.07, 6.45) is 4.93. The third kappa shape index (κ3) is 5.09. The first-order valence-corrected chi connectivity index (χ1v) is 8.91. The van der Waals surface area contributed by atoms with Gasteiger partial charge in [-0.25, -0.2) is 12.7 Å². The number of piperidine rings is 1. The summed E-state index contributed by atoms with van der Waals surface area (Å²) >= 11 is 0. The van der Waals surface area contributed by atoms with Crippen molar-refractivity contribution >= 4 is 15.9 Å². The fraction of sp³-hybridized carbons (Fsp3) is 0.571. The van der Waals surface area contributed by atoms with Gasteiger partial charge in [0.1, 0.15) is 0 Å². The molecule has 1 N–H and O–H groups in total. The third-order valence-corrected chi connectivity index (χ3v) is 4.88. The lowest BCUT2D eigenvalue weighted by Gasteiger charge is -2.30. The molecule has 1 amide bonds. The third-order valence-electron chi connectivity index (χ3n) is 3.61. The SMILES string of the molecule is CS(=O)(=O)N1CCC[C@@H](CNC(=O)Cc2ccccn2)C1. The van der Waals surface area contributed by atoms with Crippen molar-refractivity contribution in [3.63, 3.8) is 0 Å². The second kappa shape index (κ2) is 7.00. The Balaban J connectivity index is 1.79. The van der Waals surface area contributed by atoms with E-state index in [4.69, 9.17) is 0 Å². The van der Waals surface area contributed by atoms with E-state index in [1.165, 1.54) is 10.6 Å². The molecule has 1 saturated heterocycles. The Morgan fingerprint density at radius 2 is 2.29 bits per heavy atom. The largest absolute Gasteiger partial charge is 0.355 e. The van der Waals surface area contributed by atoms with E-state index in [1.807, 2.05) is 18.2 Å². The highest BCUT2D eigenvalue weighted by atomic mass is 32.2. The van der Waals surface area contributed by atoms with Gasteiger partial charge in [0.2, 0.25) is 15.9 Å². The van der Waals surface area contributed by atoms with Crippen molar-refractivity contribution < 1.29 is 13.2 Å². The van der Waals surface area contributed by atoms with E-state index in [1.54, 1.807) is 6.20 Å². The van der Waals surface area contributed by atoms with Crippen LogP contribution in [-0.2, 0) is 21.2 Å². The lowest BCUT2D eigenvalue weighted by molar-refractivity contribution is -0.120. The Bertz CT molecular complexity index is 574. The maximum absolute atomic E-state index is 11.9.